The first-order valence-corrected chi connectivity index (χ1v) is 20.9. The lowest BCUT2D eigenvalue weighted by atomic mass is 9.93. The van der Waals surface area contributed by atoms with Crippen molar-refractivity contribution in [1.82, 2.24) is 19.0 Å². The lowest BCUT2D eigenvalue weighted by Gasteiger charge is -2.39. The van der Waals surface area contributed by atoms with Crippen LogP contribution in [0.5, 0.6) is 5.75 Å². The fourth-order valence-corrected chi connectivity index (χ4v) is 9.40. The molecule has 0 bridgehead atoms. The number of hydrogen-bond donors (Lipinski definition) is 0. The molecule has 2 amide bonds. The first-order valence-electron chi connectivity index (χ1n) is 16.9. The summed E-state index contributed by atoms with van der Waals surface area (Å²) in [6.07, 6.45) is 3.32. The van der Waals surface area contributed by atoms with Gasteiger partial charge in [0.15, 0.2) is 0 Å². The van der Waals surface area contributed by atoms with Crippen molar-refractivity contribution in [1.29, 1.82) is 0 Å². The minimum Gasteiger partial charge on any atom is -0.493 e. The molecule has 14 heteroatoms. The number of carbonyl (C=O) groups is 1. The molecule has 2 fully saturated rings. The Kier molecular flexibility index (Phi) is 11.6. The third-order valence-electron chi connectivity index (χ3n) is 9.53. The van der Waals surface area contributed by atoms with Crippen LogP contribution < -0.4 is 4.74 Å². The lowest BCUT2D eigenvalue weighted by molar-refractivity contribution is 0.122. The van der Waals surface area contributed by atoms with Crippen molar-refractivity contribution in [2.75, 3.05) is 64.4 Å². The summed E-state index contributed by atoms with van der Waals surface area (Å²) >= 11 is 12.7. The van der Waals surface area contributed by atoms with Gasteiger partial charge in [-0.15, -0.1) is 0 Å². The number of nitrogens with zero attached hydrogens (tertiary/aromatic N) is 5. The van der Waals surface area contributed by atoms with Crippen molar-refractivity contribution in [2.24, 2.45) is 4.99 Å². The van der Waals surface area contributed by atoms with Crippen molar-refractivity contribution < 1.29 is 22.2 Å². The summed E-state index contributed by atoms with van der Waals surface area (Å²) in [6.45, 7) is 7.83. The zero-order chi connectivity index (χ0) is 35.6. The van der Waals surface area contributed by atoms with Gasteiger partial charge >= 0.3 is 6.03 Å². The molecule has 0 aliphatic carbocycles. The predicted molar refractivity (Wildman–Crippen MR) is 199 cm³/mol. The number of ether oxygens (including phenoxy) is 1. The summed E-state index contributed by atoms with van der Waals surface area (Å²) in [5.41, 5.74) is 2.66. The first kappa shape index (κ1) is 36.8. The van der Waals surface area contributed by atoms with Crippen LogP contribution in [0.4, 0.5) is 4.79 Å². The Morgan fingerprint density at radius 1 is 0.920 bits per heavy atom. The monoisotopic (exact) mass is 759 g/mol. The number of benzene rings is 3. The summed E-state index contributed by atoms with van der Waals surface area (Å²) < 4.78 is 47.5. The maximum atomic E-state index is 15.0. The standard InChI is InChI=1S/C36H43Cl2N5O5S2/c1-4-48-31-23-25(2)32(50(46,47)42-15-5-6-16-42)24-30(31)35-39-33(26-7-11-28(37)12-8-26)34(27-9-13-29(38)14-10-27)43(35)36(44)41-19-17-40(18-20-41)21-22-49(3)45/h7-14,23-24,33-34H,4-6,15-22H2,1-3H3/t33-,34+,49?/m0/s1. The van der Waals surface area contributed by atoms with Gasteiger partial charge in [0.25, 0.3) is 0 Å². The first-order chi connectivity index (χ1) is 24.0. The summed E-state index contributed by atoms with van der Waals surface area (Å²) in [5, 5.41) is 1.14. The number of rotatable bonds is 10. The Morgan fingerprint density at radius 3 is 2.10 bits per heavy atom. The van der Waals surface area contributed by atoms with Crippen molar-refractivity contribution in [3.05, 3.63) is 93.0 Å². The summed E-state index contributed by atoms with van der Waals surface area (Å²) in [4.78, 5) is 26.2. The molecule has 1 unspecified atom stereocenters. The molecule has 3 aliphatic heterocycles. The molecule has 3 aliphatic rings. The Labute approximate surface area is 307 Å². The minimum absolute atomic E-state index is 0.174. The number of amidine groups is 1. The highest BCUT2D eigenvalue weighted by Gasteiger charge is 2.45. The van der Waals surface area contributed by atoms with Crippen LogP contribution in [0, 0.1) is 6.92 Å². The molecule has 50 heavy (non-hydrogen) atoms. The van der Waals surface area contributed by atoms with Crippen molar-refractivity contribution >= 4 is 55.9 Å². The summed E-state index contributed by atoms with van der Waals surface area (Å²) in [7, 11) is -4.72. The highest BCUT2D eigenvalue weighted by molar-refractivity contribution is 7.89. The molecule has 10 nitrogen and oxygen atoms in total. The van der Waals surface area contributed by atoms with Gasteiger partial charge in [0.1, 0.15) is 17.6 Å². The van der Waals surface area contributed by atoms with Crippen LogP contribution in [0.3, 0.4) is 0 Å². The Bertz CT molecular complexity index is 1860. The third-order valence-corrected chi connectivity index (χ3v) is 12.8. The predicted octanol–water partition coefficient (Wildman–Crippen LogP) is 6.15. The molecule has 3 aromatic rings. The van der Waals surface area contributed by atoms with Crippen LogP contribution in [0.2, 0.25) is 10.0 Å². The fourth-order valence-electron chi connectivity index (χ4n) is 6.88. The zero-order valence-corrected chi connectivity index (χ0v) is 31.7. The van der Waals surface area contributed by atoms with E-state index >= 15 is 0 Å². The van der Waals surface area contributed by atoms with E-state index in [2.05, 4.69) is 4.90 Å². The van der Waals surface area contributed by atoms with E-state index in [0.29, 0.717) is 90.9 Å². The minimum atomic E-state index is -3.82. The van der Waals surface area contributed by atoms with Crippen LogP contribution in [-0.2, 0) is 20.8 Å². The van der Waals surface area contributed by atoms with Crippen molar-refractivity contribution in [3.8, 4) is 5.75 Å². The molecule has 0 saturated carbocycles. The second kappa shape index (κ2) is 15.7. The van der Waals surface area contributed by atoms with Gasteiger partial charge in [-0.1, -0.05) is 47.5 Å². The van der Waals surface area contributed by atoms with Gasteiger partial charge in [0, 0.05) is 78.7 Å². The Balaban J connectivity index is 1.50. The van der Waals surface area contributed by atoms with E-state index in [4.69, 9.17) is 32.9 Å². The van der Waals surface area contributed by atoms with Gasteiger partial charge in [-0.05, 0) is 79.8 Å². The summed E-state index contributed by atoms with van der Waals surface area (Å²) in [5.74, 6) is 1.36. The van der Waals surface area contributed by atoms with E-state index in [9.17, 15) is 17.4 Å². The average Bonchev–Trinajstić information content (AvgIpc) is 3.78. The highest BCUT2D eigenvalue weighted by Crippen LogP contribution is 2.46. The topological polar surface area (TPSA) is 103 Å². The van der Waals surface area contributed by atoms with Crippen LogP contribution in [0.25, 0.3) is 0 Å². The van der Waals surface area contributed by atoms with Crippen LogP contribution in [0.1, 0.15) is 54.1 Å². The number of halogens is 2. The number of carbonyl (C=O) groups excluding carboxylic acids is 1. The number of hydrogen-bond acceptors (Lipinski definition) is 7. The zero-order valence-electron chi connectivity index (χ0n) is 28.6. The molecule has 268 valence electrons. The SMILES string of the molecule is CCOc1cc(C)c(S(=O)(=O)N2CCCC2)cc1C1=N[C@@H](c2ccc(Cl)cc2)[C@@H](c2ccc(Cl)cc2)N1C(=O)N1CCN(CCS(C)=O)CC1. The van der Waals surface area contributed by atoms with Gasteiger partial charge in [0.2, 0.25) is 10.0 Å². The van der Waals surface area contributed by atoms with E-state index < -0.39 is 32.9 Å². The number of urea groups is 1. The number of piperazine rings is 1. The quantitative estimate of drug-likeness (QED) is 0.246. The van der Waals surface area contributed by atoms with Gasteiger partial charge in [-0.2, -0.15) is 4.31 Å². The molecule has 0 aromatic heterocycles. The fraction of sp³-hybridized carbons (Fsp3) is 0.444. The van der Waals surface area contributed by atoms with E-state index in [1.165, 1.54) is 4.31 Å². The van der Waals surface area contributed by atoms with E-state index in [1.54, 1.807) is 54.5 Å². The maximum Gasteiger partial charge on any atom is 0.326 e. The van der Waals surface area contributed by atoms with Crippen LogP contribution in [0.15, 0.2) is 70.6 Å². The third kappa shape index (κ3) is 7.75. The Hall–Kier alpha value is -3.00. The molecule has 0 spiro atoms. The smallest absolute Gasteiger partial charge is 0.326 e. The molecule has 6 rings (SSSR count). The molecule has 0 N–H and O–H groups in total. The van der Waals surface area contributed by atoms with E-state index in [-0.39, 0.29) is 10.9 Å². The van der Waals surface area contributed by atoms with Gasteiger partial charge in [-0.3, -0.25) is 19.0 Å². The van der Waals surface area contributed by atoms with Gasteiger partial charge in [0.05, 0.1) is 23.1 Å². The average molecular weight is 761 g/mol. The van der Waals surface area contributed by atoms with Crippen LogP contribution in [-0.4, -0.2) is 108 Å². The molecule has 0 radical (unpaired) electrons. The van der Waals surface area contributed by atoms with Crippen molar-refractivity contribution in [3.63, 3.8) is 0 Å². The van der Waals surface area contributed by atoms with Crippen LogP contribution >= 0.6 is 23.2 Å². The number of aryl methyl sites for hydroxylation is 1. The summed E-state index contributed by atoms with van der Waals surface area (Å²) in [6, 6.07) is 16.8. The molecule has 3 heterocycles. The molecular formula is C36H43Cl2N5O5S2. The van der Waals surface area contributed by atoms with Gasteiger partial charge < -0.3 is 9.64 Å². The van der Waals surface area contributed by atoms with Crippen molar-refractivity contribution in [2.45, 2.75) is 43.7 Å². The number of amides is 2. The second-order valence-corrected chi connectivity index (χ2v) is 17.2. The molecule has 2 saturated heterocycles. The maximum absolute atomic E-state index is 15.0. The molecular weight excluding hydrogens is 717 g/mol. The van der Waals surface area contributed by atoms with Gasteiger partial charge in [-0.25, -0.2) is 13.2 Å². The molecule has 3 atom stereocenters. The van der Waals surface area contributed by atoms with E-state index in [1.807, 2.05) is 36.1 Å². The lowest BCUT2D eigenvalue weighted by Crippen LogP contribution is -2.54. The number of sulfonamides is 1. The second-order valence-electron chi connectivity index (χ2n) is 12.9. The highest BCUT2D eigenvalue weighted by atomic mass is 35.5. The Morgan fingerprint density at radius 2 is 1.52 bits per heavy atom. The largest absolute Gasteiger partial charge is 0.493 e. The molecule has 3 aromatic carbocycles. The normalized spacial score (nSPS) is 21.0. The van der Waals surface area contributed by atoms with E-state index in [0.717, 1.165) is 24.0 Å². The number of aliphatic imine (C=N–C) groups is 1.